The summed E-state index contributed by atoms with van der Waals surface area (Å²) in [6.07, 6.45) is 0. The minimum absolute atomic E-state index is 0.0190. The number of hydrogen-bond acceptors (Lipinski definition) is 2. The van der Waals surface area contributed by atoms with Crippen molar-refractivity contribution in [2.45, 2.75) is 13.8 Å². The Bertz CT molecular complexity index is 1090. The normalized spacial score (nSPS) is 11.0. The molecular formula is C22H20N2O2. The number of carbonyl (C=O) groups is 1. The summed E-state index contributed by atoms with van der Waals surface area (Å²) in [6, 6.07) is 19.9. The Morgan fingerprint density at radius 1 is 0.923 bits per heavy atom. The van der Waals surface area contributed by atoms with Crippen molar-refractivity contribution in [3.05, 3.63) is 71.8 Å². The summed E-state index contributed by atoms with van der Waals surface area (Å²) in [6.45, 7) is 4.00. The molecule has 0 saturated carbocycles. The molecule has 0 aliphatic rings. The standard InChI is InChI=1S/C22H20N2O2/c1-14-9-15(2)11-17(10-14)26-13-22(25)23-16-7-8-21-19(12-16)18-5-3-4-6-20(18)24-21/h3-12,24H,13H2,1-2H3,(H,23,25). The van der Waals surface area contributed by atoms with Crippen molar-refractivity contribution in [1.82, 2.24) is 4.98 Å². The van der Waals surface area contributed by atoms with Crippen LogP contribution in [-0.4, -0.2) is 17.5 Å². The highest BCUT2D eigenvalue weighted by Gasteiger charge is 2.08. The molecule has 4 rings (SSSR count). The van der Waals surface area contributed by atoms with Crippen molar-refractivity contribution in [3.8, 4) is 5.75 Å². The molecule has 4 nitrogen and oxygen atoms in total. The van der Waals surface area contributed by atoms with Crippen LogP contribution in [0.2, 0.25) is 0 Å². The van der Waals surface area contributed by atoms with Gasteiger partial charge >= 0.3 is 0 Å². The molecule has 0 spiro atoms. The van der Waals surface area contributed by atoms with Crippen LogP contribution >= 0.6 is 0 Å². The van der Waals surface area contributed by atoms with Gasteiger partial charge in [-0.05, 0) is 61.4 Å². The highest BCUT2D eigenvalue weighted by atomic mass is 16.5. The van der Waals surface area contributed by atoms with E-state index in [1.165, 1.54) is 0 Å². The molecule has 0 bridgehead atoms. The third-order valence-electron chi connectivity index (χ3n) is 4.36. The Kier molecular flexibility index (Phi) is 4.09. The molecule has 2 N–H and O–H groups in total. The van der Waals surface area contributed by atoms with Crippen LogP contribution < -0.4 is 10.1 Å². The molecule has 0 unspecified atom stereocenters. The second-order valence-corrected chi connectivity index (χ2v) is 6.59. The summed E-state index contributed by atoms with van der Waals surface area (Å²) in [5.41, 5.74) is 5.13. The maximum absolute atomic E-state index is 12.2. The fourth-order valence-electron chi connectivity index (χ4n) is 3.29. The van der Waals surface area contributed by atoms with Crippen molar-refractivity contribution in [2.75, 3.05) is 11.9 Å². The van der Waals surface area contributed by atoms with E-state index in [0.717, 1.165) is 38.6 Å². The first kappa shape index (κ1) is 16.2. The van der Waals surface area contributed by atoms with Gasteiger partial charge in [0.1, 0.15) is 5.75 Å². The van der Waals surface area contributed by atoms with Crippen LogP contribution in [0, 0.1) is 13.8 Å². The van der Waals surface area contributed by atoms with Gasteiger partial charge in [-0.2, -0.15) is 0 Å². The van der Waals surface area contributed by atoms with E-state index in [2.05, 4.69) is 22.4 Å². The van der Waals surface area contributed by atoms with E-state index in [1.807, 2.05) is 62.4 Å². The third-order valence-corrected chi connectivity index (χ3v) is 4.36. The lowest BCUT2D eigenvalue weighted by molar-refractivity contribution is -0.118. The highest BCUT2D eigenvalue weighted by Crippen LogP contribution is 2.27. The molecule has 3 aromatic carbocycles. The van der Waals surface area contributed by atoms with Gasteiger partial charge in [0.15, 0.2) is 6.61 Å². The van der Waals surface area contributed by atoms with Crippen LogP contribution in [0.3, 0.4) is 0 Å². The molecule has 0 atom stereocenters. The lowest BCUT2D eigenvalue weighted by atomic mass is 10.1. The molecule has 0 aliphatic carbocycles. The van der Waals surface area contributed by atoms with E-state index in [4.69, 9.17) is 4.74 Å². The number of nitrogens with one attached hydrogen (secondary N) is 2. The lowest BCUT2D eigenvalue weighted by Crippen LogP contribution is -2.20. The molecule has 1 heterocycles. The maximum Gasteiger partial charge on any atom is 0.262 e. The van der Waals surface area contributed by atoms with Gasteiger partial charge in [0.2, 0.25) is 0 Å². The maximum atomic E-state index is 12.2. The number of H-pyrrole nitrogens is 1. The largest absolute Gasteiger partial charge is 0.484 e. The smallest absolute Gasteiger partial charge is 0.262 e. The fraction of sp³-hybridized carbons (Fsp3) is 0.136. The van der Waals surface area contributed by atoms with Gasteiger partial charge in [-0.1, -0.05) is 24.3 Å². The highest BCUT2D eigenvalue weighted by molar-refractivity contribution is 6.09. The van der Waals surface area contributed by atoms with Crippen molar-refractivity contribution in [2.24, 2.45) is 0 Å². The van der Waals surface area contributed by atoms with E-state index >= 15 is 0 Å². The third kappa shape index (κ3) is 3.26. The van der Waals surface area contributed by atoms with Gasteiger partial charge in [0.05, 0.1) is 0 Å². The van der Waals surface area contributed by atoms with Gasteiger partial charge in [-0.3, -0.25) is 4.79 Å². The van der Waals surface area contributed by atoms with Gasteiger partial charge < -0.3 is 15.0 Å². The zero-order valence-electron chi connectivity index (χ0n) is 14.8. The van der Waals surface area contributed by atoms with Crippen LogP contribution in [0.1, 0.15) is 11.1 Å². The number of para-hydroxylation sites is 1. The summed E-state index contributed by atoms with van der Waals surface area (Å²) < 4.78 is 5.63. The van der Waals surface area contributed by atoms with Crippen LogP contribution in [0.4, 0.5) is 5.69 Å². The van der Waals surface area contributed by atoms with Crippen molar-refractivity contribution in [1.29, 1.82) is 0 Å². The van der Waals surface area contributed by atoms with Gasteiger partial charge in [-0.15, -0.1) is 0 Å². The van der Waals surface area contributed by atoms with Crippen molar-refractivity contribution in [3.63, 3.8) is 0 Å². The SMILES string of the molecule is Cc1cc(C)cc(OCC(=O)Nc2ccc3[nH]c4ccccc4c3c2)c1. The second kappa shape index (κ2) is 6.56. The fourth-order valence-corrected chi connectivity index (χ4v) is 3.29. The molecule has 0 radical (unpaired) electrons. The zero-order chi connectivity index (χ0) is 18.1. The number of amides is 1. The quantitative estimate of drug-likeness (QED) is 0.550. The van der Waals surface area contributed by atoms with Crippen LogP contribution in [0.15, 0.2) is 60.7 Å². The van der Waals surface area contributed by atoms with E-state index in [0.29, 0.717) is 5.75 Å². The topological polar surface area (TPSA) is 54.1 Å². The Morgan fingerprint density at radius 2 is 1.65 bits per heavy atom. The molecular weight excluding hydrogens is 324 g/mol. The van der Waals surface area contributed by atoms with E-state index in [9.17, 15) is 4.79 Å². The number of anilines is 1. The minimum Gasteiger partial charge on any atom is -0.484 e. The van der Waals surface area contributed by atoms with Crippen LogP contribution in [-0.2, 0) is 4.79 Å². The summed E-state index contributed by atoms with van der Waals surface area (Å²) in [5.74, 6) is 0.535. The van der Waals surface area contributed by atoms with Crippen LogP contribution in [0.5, 0.6) is 5.75 Å². The van der Waals surface area contributed by atoms with Crippen LogP contribution in [0.25, 0.3) is 21.8 Å². The first-order valence-electron chi connectivity index (χ1n) is 8.60. The number of ether oxygens (including phenoxy) is 1. The van der Waals surface area contributed by atoms with Gasteiger partial charge in [0, 0.05) is 27.5 Å². The number of rotatable bonds is 4. The first-order valence-corrected chi connectivity index (χ1v) is 8.60. The Hall–Kier alpha value is -3.27. The lowest BCUT2D eigenvalue weighted by Gasteiger charge is -2.09. The second-order valence-electron chi connectivity index (χ2n) is 6.59. The molecule has 0 aliphatic heterocycles. The Labute approximate surface area is 151 Å². The number of carbonyl (C=O) groups excluding carboxylic acids is 1. The van der Waals surface area contributed by atoms with Crippen molar-refractivity contribution >= 4 is 33.4 Å². The number of aryl methyl sites for hydroxylation is 2. The predicted octanol–water partition coefficient (Wildman–Crippen LogP) is 4.96. The minimum atomic E-state index is -0.177. The average molecular weight is 344 g/mol. The molecule has 26 heavy (non-hydrogen) atoms. The van der Waals surface area contributed by atoms with E-state index in [1.54, 1.807) is 0 Å². The molecule has 130 valence electrons. The average Bonchev–Trinajstić information content (AvgIpc) is 2.97. The van der Waals surface area contributed by atoms with Gasteiger partial charge in [-0.25, -0.2) is 0 Å². The van der Waals surface area contributed by atoms with Gasteiger partial charge in [0.25, 0.3) is 5.91 Å². The zero-order valence-corrected chi connectivity index (χ0v) is 14.8. The summed E-state index contributed by atoms with van der Waals surface area (Å²) in [4.78, 5) is 15.6. The molecule has 0 fully saturated rings. The number of hydrogen-bond donors (Lipinski definition) is 2. The summed E-state index contributed by atoms with van der Waals surface area (Å²) >= 11 is 0. The Balaban J connectivity index is 1.49. The van der Waals surface area contributed by atoms with E-state index in [-0.39, 0.29) is 12.5 Å². The Morgan fingerprint density at radius 3 is 2.46 bits per heavy atom. The van der Waals surface area contributed by atoms with Crippen molar-refractivity contribution < 1.29 is 9.53 Å². The molecule has 4 aromatic rings. The molecule has 0 saturated heterocycles. The number of aromatic amines is 1. The monoisotopic (exact) mass is 344 g/mol. The van der Waals surface area contributed by atoms with E-state index < -0.39 is 0 Å². The number of aromatic nitrogens is 1. The predicted molar refractivity (Wildman–Crippen MR) is 106 cm³/mol. The molecule has 4 heteroatoms. The molecule has 1 amide bonds. The number of fused-ring (bicyclic) bond motifs is 3. The molecule has 1 aromatic heterocycles. The summed E-state index contributed by atoms with van der Waals surface area (Å²) in [7, 11) is 0. The summed E-state index contributed by atoms with van der Waals surface area (Å²) in [5, 5.41) is 5.15. The first-order chi connectivity index (χ1) is 12.6. The number of benzene rings is 3.